The Labute approximate surface area is 116 Å². The number of nitrogen functional groups attached to an aromatic ring is 1. The van der Waals surface area contributed by atoms with Gasteiger partial charge in [-0.2, -0.15) is 0 Å². The predicted molar refractivity (Wildman–Crippen MR) is 79.3 cm³/mol. The number of anilines is 1. The Morgan fingerprint density at radius 2 is 1.75 bits per heavy atom. The van der Waals surface area contributed by atoms with Crippen molar-refractivity contribution in [1.82, 2.24) is 4.73 Å². The molecule has 0 aliphatic rings. The third kappa shape index (κ3) is 2.36. The Balaban J connectivity index is 2.00. The van der Waals surface area contributed by atoms with Crippen LogP contribution in [0.5, 0.6) is 0 Å². The van der Waals surface area contributed by atoms with Crippen molar-refractivity contribution in [2.45, 2.75) is 6.61 Å². The van der Waals surface area contributed by atoms with Gasteiger partial charge in [0, 0.05) is 17.1 Å². The molecule has 100 valence electrons. The van der Waals surface area contributed by atoms with Crippen molar-refractivity contribution in [2.24, 2.45) is 0 Å². The lowest BCUT2D eigenvalue weighted by Crippen LogP contribution is -2.26. The number of nitrogens with two attached hydrogens (primary N) is 1. The summed E-state index contributed by atoms with van der Waals surface area (Å²) in [4.78, 5) is 17.6. The van der Waals surface area contributed by atoms with Crippen LogP contribution in [0.4, 0.5) is 5.69 Å². The summed E-state index contributed by atoms with van der Waals surface area (Å²) in [7, 11) is 0. The van der Waals surface area contributed by atoms with Crippen LogP contribution in [0, 0.1) is 0 Å². The Bertz CT molecular complexity index is 794. The normalized spacial score (nSPS) is 10.6. The molecule has 0 amide bonds. The van der Waals surface area contributed by atoms with E-state index in [0.717, 1.165) is 10.9 Å². The van der Waals surface area contributed by atoms with E-state index >= 15 is 0 Å². The van der Waals surface area contributed by atoms with Crippen molar-refractivity contribution in [3.63, 3.8) is 0 Å². The first kappa shape index (κ1) is 12.3. The molecule has 0 saturated heterocycles. The first-order chi connectivity index (χ1) is 9.74. The quantitative estimate of drug-likeness (QED) is 0.739. The van der Waals surface area contributed by atoms with E-state index in [9.17, 15) is 4.79 Å². The Morgan fingerprint density at radius 1 is 1.00 bits per heavy atom. The first-order valence-corrected chi connectivity index (χ1v) is 6.32. The summed E-state index contributed by atoms with van der Waals surface area (Å²) in [6.07, 6.45) is 0. The molecule has 2 aromatic carbocycles. The molecule has 4 nitrogen and oxygen atoms in total. The maximum Gasteiger partial charge on any atom is 0.283 e. The molecule has 0 saturated carbocycles. The lowest BCUT2D eigenvalue weighted by atomic mass is 10.2. The average molecular weight is 266 g/mol. The van der Waals surface area contributed by atoms with Gasteiger partial charge in [-0.1, -0.05) is 36.4 Å². The second-order valence-corrected chi connectivity index (χ2v) is 4.54. The number of rotatable bonds is 3. The number of fused-ring (bicyclic) bond motifs is 1. The highest BCUT2D eigenvalue weighted by Gasteiger charge is 2.04. The SMILES string of the molecule is Nc1ccc2ccc(=O)n(OCc3ccccc3)c2c1. The number of pyridine rings is 1. The number of hydrogen-bond donors (Lipinski definition) is 1. The number of hydrogen-bond acceptors (Lipinski definition) is 3. The fourth-order valence-corrected chi connectivity index (χ4v) is 2.07. The van der Waals surface area contributed by atoms with Gasteiger partial charge in [-0.3, -0.25) is 4.79 Å². The number of nitrogens with zero attached hydrogens (tertiary/aromatic N) is 1. The fourth-order valence-electron chi connectivity index (χ4n) is 2.07. The van der Waals surface area contributed by atoms with Crippen LogP contribution in [-0.4, -0.2) is 4.73 Å². The van der Waals surface area contributed by atoms with E-state index in [2.05, 4.69) is 0 Å². The average Bonchev–Trinajstić information content (AvgIpc) is 2.47. The van der Waals surface area contributed by atoms with Gasteiger partial charge in [-0.25, -0.2) is 0 Å². The minimum absolute atomic E-state index is 0.209. The Kier molecular flexibility index (Phi) is 3.13. The predicted octanol–water partition coefficient (Wildman–Crippen LogP) is 2.21. The van der Waals surface area contributed by atoms with Crippen LogP contribution in [0.2, 0.25) is 0 Å². The second-order valence-electron chi connectivity index (χ2n) is 4.54. The summed E-state index contributed by atoms with van der Waals surface area (Å²) in [5.74, 6) is 0. The second kappa shape index (κ2) is 5.09. The van der Waals surface area contributed by atoms with Crippen molar-refractivity contribution in [2.75, 3.05) is 5.73 Å². The smallest absolute Gasteiger partial charge is 0.283 e. The van der Waals surface area contributed by atoms with Crippen LogP contribution in [0.25, 0.3) is 10.9 Å². The Morgan fingerprint density at radius 3 is 2.55 bits per heavy atom. The van der Waals surface area contributed by atoms with Crippen LogP contribution in [0.1, 0.15) is 5.56 Å². The zero-order valence-electron chi connectivity index (χ0n) is 10.8. The monoisotopic (exact) mass is 266 g/mol. The topological polar surface area (TPSA) is 57.2 Å². The van der Waals surface area contributed by atoms with E-state index in [-0.39, 0.29) is 5.56 Å². The molecule has 3 aromatic rings. The van der Waals surface area contributed by atoms with Crippen molar-refractivity contribution < 1.29 is 4.84 Å². The molecule has 2 N–H and O–H groups in total. The summed E-state index contributed by atoms with van der Waals surface area (Å²) < 4.78 is 1.29. The summed E-state index contributed by atoms with van der Waals surface area (Å²) in [6, 6.07) is 18.4. The third-order valence-electron chi connectivity index (χ3n) is 3.08. The van der Waals surface area contributed by atoms with E-state index in [1.165, 1.54) is 10.8 Å². The number of aromatic nitrogens is 1. The molecule has 1 aromatic heterocycles. The summed E-state index contributed by atoms with van der Waals surface area (Å²) >= 11 is 0. The molecule has 0 unspecified atom stereocenters. The molecule has 0 spiro atoms. The lowest BCUT2D eigenvalue weighted by molar-refractivity contribution is 0.0993. The van der Waals surface area contributed by atoms with Gasteiger partial charge in [0.1, 0.15) is 6.61 Å². The largest absolute Gasteiger partial charge is 0.405 e. The minimum Gasteiger partial charge on any atom is -0.405 e. The van der Waals surface area contributed by atoms with Gasteiger partial charge in [-0.05, 0) is 23.8 Å². The molecule has 3 rings (SSSR count). The van der Waals surface area contributed by atoms with Crippen molar-refractivity contribution in [3.8, 4) is 0 Å². The highest BCUT2D eigenvalue weighted by Crippen LogP contribution is 2.15. The van der Waals surface area contributed by atoms with Gasteiger partial charge in [0.25, 0.3) is 5.56 Å². The van der Waals surface area contributed by atoms with Gasteiger partial charge >= 0.3 is 0 Å². The molecule has 1 heterocycles. The van der Waals surface area contributed by atoms with E-state index in [1.807, 2.05) is 36.4 Å². The molecule has 0 radical (unpaired) electrons. The molecule has 20 heavy (non-hydrogen) atoms. The van der Waals surface area contributed by atoms with E-state index < -0.39 is 0 Å². The maximum atomic E-state index is 12.0. The zero-order chi connectivity index (χ0) is 13.9. The summed E-state index contributed by atoms with van der Waals surface area (Å²) in [5, 5.41) is 0.909. The van der Waals surface area contributed by atoms with E-state index in [0.29, 0.717) is 17.8 Å². The molecule has 0 aliphatic heterocycles. The molecule has 0 fully saturated rings. The van der Waals surface area contributed by atoms with Gasteiger partial charge in [0.2, 0.25) is 0 Å². The number of benzene rings is 2. The molecule has 0 bridgehead atoms. The molecule has 0 aliphatic carbocycles. The van der Waals surface area contributed by atoms with Crippen LogP contribution in [-0.2, 0) is 6.61 Å². The van der Waals surface area contributed by atoms with Crippen molar-refractivity contribution >= 4 is 16.6 Å². The third-order valence-corrected chi connectivity index (χ3v) is 3.08. The first-order valence-electron chi connectivity index (χ1n) is 6.32. The Hall–Kier alpha value is -2.75. The van der Waals surface area contributed by atoms with Crippen LogP contribution >= 0.6 is 0 Å². The molecular formula is C16H14N2O2. The van der Waals surface area contributed by atoms with Gasteiger partial charge in [0.05, 0.1) is 5.52 Å². The maximum absolute atomic E-state index is 12.0. The lowest BCUT2D eigenvalue weighted by Gasteiger charge is -2.11. The molecule has 0 atom stereocenters. The zero-order valence-corrected chi connectivity index (χ0v) is 10.8. The molecular weight excluding hydrogens is 252 g/mol. The van der Waals surface area contributed by atoms with Gasteiger partial charge in [-0.15, -0.1) is 4.73 Å². The van der Waals surface area contributed by atoms with Gasteiger partial charge in [0.15, 0.2) is 0 Å². The summed E-state index contributed by atoms with van der Waals surface area (Å²) in [5.41, 5.74) is 7.84. The van der Waals surface area contributed by atoms with Crippen molar-refractivity contribution in [1.29, 1.82) is 0 Å². The molecule has 4 heteroatoms. The fraction of sp³-hybridized carbons (Fsp3) is 0.0625. The van der Waals surface area contributed by atoms with E-state index in [4.69, 9.17) is 10.6 Å². The minimum atomic E-state index is -0.209. The standard InChI is InChI=1S/C16H14N2O2/c17-14-8-6-13-7-9-16(19)18(15(13)10-14)20-11-12-4-2-1-3-5-12/h1-10H,11,17H2. The van der Waals surface area contributed by atoms with Crippen molar-refractivity contribution in [3.05, 3.63) is 76.6 Å². The van der Waals surface area contributed by atoms with Crippen LogP contribution in [0.3, 0.4) is 0 Å². The highest BCUT2D eigenvalue weighted by molar-refractivity contribution is 5.81. The van der Waals surface area contributed by atoms with Crippen LogP contribution in [0.15, 0.2) is 65.5 Å². The summed E-state index contributed by atoms with van der Waals surface area (Å²) in [6.45, 7) is 0.328. The highest BCUT2D eigenvalue weighted by atomic mass is 16.7. The van der Waals surface area contributed by atoms with Gasteiger partial charge < -0.3 is 10.6 Å². The van der Waals surface area contributed by atoms with Crippen LogP contribution < -0.4 is 16.1 Å². The van der Waals surface area contributed by atoms with E-state index in [1.54, 1.807) is 18.2 Å².